The summed E-state index contributed by atoms with van der Waals surface area (Å²) >= 11 is 1.77. The highest BCUT2D eigenvalue weighted by Crippen LogP contribution is 2.53. The monoisotopic (exact) mass is 723 g/mol. The summed E-state index contributed by atoms with van der Waals surface area (Å²) in [4.78, 5) is 20.2. The molecule has 7 aromatic carbocycles. The first-order chi connectivity index (χ1) is 27.0. The Morgan fingerprint density at radius 2 is 1.07 bits per heavy atom. The third-order valence-electron chi connectivity index (χ3n) is 11.1. The number of thiazole rings is 1. The molecule has 0 bridgehead atoms. The van der Waals surface area contributed by atoms with E-state index in [0.29, 0.717) is 17.5 Å². The average molecular weight is 724 g/mol. The molecule has 0 fully saturated rings. The topological polar surface area (TPSA) is 56.5 Å². The minimum Gasteiger partial charge on any atom is -0.309 e. The number of rotatable bonds is 5. The zero-order chi connectivity index (χ0) is 36.7. The van der Waals surface area contributed by atoms with Gasteiger partial charge in [-0.25, -0.2) is 19.9 Å². The first kappa shape index (κ1) is 31.7. The molecule has 1 aliphatic carbocycles. The molecule has 10 aromatic rings. The molecule has 260 valence electrons. The highest BCUT2D eigenvalue weighted by molar-refractivity contribution is 7.21. The molecule has 0 spiro atoms. The normalized spacial score (nSPS) is 13.1. The van der Waals surface area contributed by atoms with E-state index >= 15 is 0 Å². The van der Waals surface area contributed by atoms with E-state index in [4.69, 9.17) is 19.9 Å². The van der Waals surface area contributed by atoms with E-state index in [1.54, 1.807) is 11.3 Å². The molecule has 0 saturated carbocycles. The van der Waals surface area contributed by atoms with Crippen molar-refractivity contribution in [3.8, 4) is 61.5 Å². The number of hydrogen-bond acceptors (Lipinski definition) is 5. The third-order valence-corrected chi connectivity index (χ3v) is 12.1. The molecule has 0 saturated heterocycles. The molecular formula is C49H33N5S. The zero-order valence-electron chi connectivity index (χ0n) is 30.2. The predicted molar refractivity (Wildman–Crippen MR) is 227 cm³/mol. The van der Waals surface area contributed by atoms with Crippen molar-refractivity contribution in [1.29, 1.82) is 0 Å². The third kappa shape index (κ3) is 4.99. The van der Waals surface area contributed by atoms with Crippen LogP contribution in [0, 0.1) is 0 Å². The van der Waals surface area contributed by atoms with Crippen molar-refractivity contribution in [3.63, 3.8) is 0 Å². The summed E-state index contributed by atoms with van der Waals surface area (Å²) < 4.78 is 3.62. The van der Waals surface area contributed by atoms with Crippen LogP contribution in [0.5, 0.6) is 0 Å². The second-order valence-electron chi connectivity index (χ2n) is 14.7. The smallest absolute Gasteiger partial charge is 0.164 e. The van der Waals surface area contributed by atoms with Gasteiger partial charge in [-0.3, -0.25) is 0 Å². The summed E-state index contributed by atoms with van der Waals surface area (Å²) in [6.45, 7) is 4.68. The Morgan fingerprint density at radius 1 is 0.473 bits per heavy atom. The first-order valence-corrected chi connectivity index (χ1v) is 19.4. The highest BCUT2D eigenvalue weighted by atomic mass is 32.1. The fourth-order valence-electron chi connectivity index (χ4n) is 8.46. The molecule has 0 aliphatic heterocycles. The van der Waals surface area contributed by atoms with Gasteiger partial charge in [0.1, 0.15) is 5.01 Å². The lowest BCUT2D eigenvalue weighted by Gasteiger charge is -2.22. The molecule has 0 amide bonds. The number of aromatic nitrogens is 5. The lowest BCUT2D eigenvalue weighted by molar-refractivity contribution is 0.665. The van der Waals surface area contributed by atoms with Crippen LogP contribution in [0.2, 0.25) is 0 Å². The van der Waals surface area contributed by atoms with Gasteiger partial charge in [-0.15, -0.1) is 11.3 Å². The SMILES string of the molecule is CC1(C)c2ccc(-n3c4ccccc4c4cc(-c5nc(-c6ccccc6)nc(-c6ccccc6)n5)ccc43)cc2-c2ccc3sc(-c4ccccc4)nc3c21. The van der Waals surface area contributed by atoms with Gasteiger partial charge in [0.25, 0.3) is 0 Å². The van der Waals surface area contributed by atoms with Gasteiger partial charge in [-0.1, -0.05) is 135 Å². The molecular weight excluding hydrogens is 691 g/mol. The van der Waals surface area contributed by atoms with E-state index < -0.39 is 0 Å². The van der Waals surface area contributed by atoms with Crippen molar-refractivity contribution in [2.45, 2.75) is 19.3 Å². The predicted octanol–water partition coefficient (Wildman–Crippen LogP) is 12.6. The highest BCUT2D eigenvalue weighted by Gasteiger charge is 2.38. The lowest BCUT2D eigenvalue weighted by Crippen LogP contribution is -2.15. The number of nitrogens with zero attached hydrogens (tertiary/aromatic N) is 5. The van der Waals surface area contributed by atoms with Gasteiger partial charge < -0.3 is 4.57 Å². The summed E-state index contributed by atoms with van der Waals surface area (Å²) in [5.74, 6) is 1.95. The molecule has 5 nitrogen and oxygen atoms in total. The maximum atomic E-state index is 5.26. The van der Waals surface area contributed by atoms with Crippen molar-refractivity contribution in [2.24, 2.45) is 0 Å². The summed E-state index contributed by atoms with van der Waals surface area (Å²) in [6, 6.07) is 57.6. The largest absolute Gasteiger partial charge is 0.309 e. The fraction of sp³-hybridized carbons (Fsp3) is 0.0612. The Kier molecular flexibility index (Phi) is 7.00. The van der Waals surface area contributed by atoms with Crippen LogP contribution >= 0.6 is 11.3 Å². The average Bonchev–Trinajstić information content (AvgIpc) is 3.89. The van der Waals surface area contributed by atoms with Crippen molar-refractivity contribution in [1.82, 2.24) is 24.5 Å². The van der Waals surface area contributed by atoms with Crippen molar-refractivity contribution < 1.29 is 0 Å². The molecule has 0 radical (unpaired) electrons. The van der Waals surface area contributed by atoms with Crippen LogP contribution < -0.4 is 0 Å². The summed E-state index contributed by atoms with van der Waals surface area (Å²) in [5, 5.41) is 3.39. The van der Waals surface area contributed by atoms with Gasteiger partial charge in [0.15, 0.2) is 17.5 Å². The van der Waals surface area contributed by atoms with E-state index in [0.717, 1.165) is 54.9 Å². The Morgan fingerprint density at radius 3 is 1.76 bits per heavy atom. The summed E-state index contributed by atoms with van der Waals surface area (Å²) in [6.07, 6.45) is 0. The van der Waals surface area contributed by atoms with Gasteiger partial charge >= 0.3 is 0 Å². The second kappa shape index (κ2) is 12.1. The first-order valence-electron chi connectivity index (χ1n) is 18.6. The van der Waals surface area contributed by atoms with Gasteiger partial charge in [-0.2, -0.15) is 0 Å². The lowest BCUT2D eigenvalue weighted by atomic mass is 9.82. The molecule has 3 aromatic heterocycles. The van der Waals surface area contributed by atoms with Crippen LogP contribution in [-0.2, 0) is 5.41 Å². The minimum atomic E-state index is -0.192. The molecule has 11 rings (SSSR count). The molecule has 6 heteroatoms. The Labute approximate surface area is 322 Å². The number of benzene rings is 7. The van der Waals surface area contributed by atoms with E-state index in [9.17, 15) is 0 Å². The van der Waals surface area contributed by atoms with Gasteiger partial charge in [0.2, 0.25) is 0 Å². The van der Waals surface area contributed by atoms with E-state index in [1.807, 2.05) is 60.7 Å². The van der Waals surface area contributed by atoms with Gasteiger partial charge in [-0.05, 0) is 64.7 Å². The zero-order valence-corrected chi connectivity index (χ0v) is 31.0. The Balaban J connectivity index is 1.07. The van der Waals surface area contributed by atoms with Crippen LogP contribution in [0.15, 0.2) is 164 Å². The quantitative estimate of drug-likeness (QED) is 0.177. The number of hydrogen-bond donors (Lipinski definition) is 0. The standard InChI is InChI=1S/C49H33N5S/c1-49(2)39-25-23-34(29-37(39)36-24-27-42-44(43(36)49)50-48(55-42)32-18-10-5-11-19-32)54-40-21-13-12-20-35(40)38-28-33(22-26-41(38)54)47-52-45(30-14-6-3-7-15-30)51-46(53-47)31-16-8-4-9-17-31/h3-29H,1-2H3. The Bertz CT molecular complexity index is 3050. The van der Waals surface area contributed by atoms with Gasteiger partial charge in [0, 0.05) is 44.1 Å². The van der Waals surface area contributed by atoms with Crippen LogP contribution in [0.1, 0.15) is 25.0 Å². The number of para-hydroxylation sites is 1. The van der Waals surface area contributed by atoms with Crippen LogP contribution in [0.25, 0.3) is 93.6 Å². The maximum Gasteiger partial charge on any atom is 0.164 e. The fourth-order valence-corrected chi connectivity index (χ4v) is 9.44. The summed E-state index contributed by atoms with van der Waals surface area (Å²) in [5.41, 5.74) is 13.5. The van der Waals surface area contributed by atoms with Crippen molar-refractivity contribution in [2.75, 3.05) is 0 Å². The molecule has 1 aliphatic rings. The molecule has 0 atom stereocenters. The molecule has 3 heterocycles. The minimum absolute atomic E-state index is 0.192. The van der Waals surface area contributed by atoms with E-state index in [-0.39, 0.29) is 5.41 Å². The van der Waals surface area contributed by atoms with Crippen LogP contribution in [0.4, 0.5) is 0 Å². The van der Waals surface area contributed by atoms with Crippen LogP contribution in [0.3, 0.4) is 0 Å². The molecule has 55 heavy (non-hydrogen) atoms. The molecule has 0 N–H and O–H groups in total. The summed E-state index contributed by atoms with van der Waals surface area (Å²) in [7, 11) is 0. The number of fused-ring (bicyclic) bond motifs is 8. The maximum absolute atomic E-state index is 5.26. The van der Waals surface area contributed by atoms with Gasteiger partial charge in [0.05, 0.1) is 21.3 Å². The van der Waals surface area contributed by atoms with E-state index in [1.165, 1.54) is 32.3 Å². The van der Waals surface area contributed by atoms with Crippen molar-refractivity contribution in [3.05, 3.63) is 175 Å². The van der Waals surface area contributed by atoms with Crippen molar-refractivity contribution >= 4 is 43.4 Å². The Hall–Kier alpha value is -6.76. The second-order valence-corrected chi connectivity index (χ2v) is 15.7. The van der Waals surface area contributed by atoms with E-state index in [2.05, 4.69) is 122 Å². The molecule has 0 unspecified atom stereocenters. The van der Waals surface area contributed by atoms with Crippen LogP contribution in [-0.4, -0.2) is 24.5 Å².